The molecule has 40 nitrogen and oxygen atoms in total. The molecule has 3 aromatic carbocycles. The molecule has 17 amide bonds. The number of likely N-dealkylation sites (N-methyl/N-ethyl adjacent to an activating group) is 3. The van der Waals surface area contributed by atoms with Gasteiger partial charge in [0, 0.05) is 106 Å². The maximum atomic E-state index is 15.8. The molecule has 41 heteroatoms. The van der Waals surface area contributed by atoms with Crippen molar-refractivity contribution < 1.29 is 91.7 Å². The van der Waals surface area contributed by atoms with Crippen LogP contribution in [0.25, 0.3) is 21.8 Å². The Morgan fingerprint density at radius 2 is 1.10 bits per heavy atom. The highest BCUT2D eigenvalue weighted by Crippen LogP contribution is 2.37. The van der Waals surface area contributed by atoms with Crippen molar-refractivity contribution in [2.75, 3.05) is 65.4 Å². The zero-order valence-corrected chi connectivity index (χ0v) is 75.0. The van der Waals surface area contributed by atoms with Crippen molar-refractivity contribution in [2.45, 2.75) is 240 Å². The number of aromatic hydroxyl groups is 1. The van der Waals surface area contributed by atoms with Crippen molar-refractivity contribution >= 4 is 134 Å². The van der Waals surface area contributed by atoms with Gasteiger partial charge in [-0.15, -0.1) is 11.8 Å². The number of aliphatic hydroxyl groups is 1. The number of H-pyrrole nitrogens is 2. The molecule has 3 aliphatic heterocycles. The Morgan fingerprint density at radius 1 is 0.558 bits per heavy atom. The number of para-hydroxylation sites is 2. The Kier molecular flexibility index (Phi) is 36.4. The van der Waals surface area contributed by atoms with Crippen LogP contribution in [0.5, 0.6) is 5.75 Å². The predicted octanol–water partition coefficient (Wildman–Crippen LogP) is -2.29. The Hall–Kier alpha value is -12.2. The van der Waals surface area contributed by atoms with Gasteiger partial charge in [-0.3, -0.25) is 81.5 Å². The van der Waals surface area contributed by atoms with Crippen LogP contribution in [-0.4, -0.2) is 301 Å². The molecular formula is C88H125N21O19S. The zero-order chi connectivity index (χ0) is 94.3. The molecule has 9 rings (SSSR count). The van der Waals surface area contributed by atoms with E-state index in [0.717, 1.165) is 26.5 Å². The van der Waals surface area contributed by atoms with E-state index in [2.05, 4.69) is 63.1 Å². The van der Waals surface area contributed by atoms with E-state index in [1.807, 2.05) is 26.0 Å². The molecule has 3 saturated heterocycles. The van der Waals surface area contributed by atoms with Gasteiger partial charge in [-0.2, -0.15) is 0 Å². The minimum absolute atomic E-state index is 0.00176. The molecule has 129 heavy (non-hydrogen) atoms. The number of rotatable bonds is 23. The number of aromatic nitrogens is 2. The molecule has 22 N–H and O–H groups in total. The van der Waals surface area contributed by atoms with Crippen molar-refractivity contribution in [1.82, 2.24) is 87.6 Å². The van der Waals surface area contributed by atoms with E-state index in [0.29, 0.717) is 70.6 Å². The number of fused-ring (bicyclic) bond motifs is 4. The zero-order valence-electron chi connectivity index (χ0n) is 74.2. The molecule has 0 radical (unpaired) electrons. The summed E-state index contributed by atoms with van der Waals surface area (Å²) in [5.41, 5.74) is 24.8. The van der Waals surface area contributed by atoms with Crippen LogP contribution in [0.15, 0.2) is 85.2 Å². The normalized spacial score (nSPS) is 25.6. The van der Waals surface area contributed by atoms with Gasteiger partial charge in [0.2, 0.25) is 100 Å². The maximum absolute atomic E-state index is 15.8. The number of nitrogens with zero attached hydrogens (tertiary/aromatic N) is 5. The van der Waals surface area contributed by atoms with Crippen molar-refractivity contribution in [3.05, 3.63) is 102 Å². The third kappa shape index (κ3) is 26.7. The standard InChI is InChI=1S/C88H125N21O19S/c1-9-11-13-24-67-81(122)104-88(31-32-88)87(128)103-66(75(116)95-44-72(92)113)46-129-47-73(114)96-62(36-50-26-28-53(110)29-27-50)82(123)105(6)49(5)74(115)99-64(40-71(91)112)84(125)108-34-18-25-68(108)79(120)102-65(41-90)78(119)100-61(35-48(3)4)85(126)109-45-54(111)39-70(109)80(121)98-60(37-51-42-93-57-21-16-14-19-55(51)57)77(118)97-59(30-33-89)76(117)101-63(38-52-43-94-58-22-17-15-20-56(52)58)83(124)107(8)69(23-12-10-2)86(127)106(67)7/h14-17,19-22,26-29,42-43,48-49,54,59-70,93-94,110-111H,9-13,18,23-25,30-41,44-47,89-90H2,1-8H3,(H2,91,112)(H2,92,113)(H,95,116)(H,96,114)(H,97,118)(H,98,121)(H,99,115)(H,100,119)(H,101,117)(H,102,120)(H,103,128)(H,104,122)/t49-,54+,59-,60?,61-,62-,63-,64-,65-,66-,67-,68-,69-,70-/m0/s1. The summed E-state index contributed by atoms with van der Waals surface area (Å²) < 4.78 is 0. The molecule has 5 aromatic rings. The molecule has 14 atom stereocenters. The van der Waals surface area contributed by atoms with Gasteiger partial charge in [0.1, 0.15) is 89.8 Å². The molecule has 4 fully saturated rings. The molecule has 5 heterocycles. The number of hydrogen-bond donors (Lipinski definition) is 18. The number of nitrogens with one attached hydrogen (secondary N) is 12. The van der Waals surface area contributed by atoms with Gasteiger partial charge in [0.25, 0.3) is 0 Å². The number of amides is 17. The van der Waals surface area contributed by atoms with Crippen LogP contribution in [0, 0.1) is 5.92 Å². The number of phenolic OH excluding ortho intramolecular Hbond substituents is 1. The average Bonchev–Trinajstić information content (AvgIpc) is 1.60. The van der Waals surface area contributed by atoms with Crippen LogP contribution in [-0.2, 0) is 101 Å². The number of unbranched alkanes of at least 4 members (excludes halogenated alkanes) is 3. The summed E-state index contributed by atoms with van der Waals surface area (Å²) in [6.07, 6.45) is 2.89. The minimum atomic E-state index is -1.75. The molecule has 2 aromatic heterocycles. The molecule has 702 valence electrons. The second-order valence-corrected chi connectivity index (χ2v) is 35.2. The lowest BCUT2D eigenvalue weighted by atomic mass is 9.99. The van der Waals surface area contributed by atoms with Gasteiger partial charge in [0.05, 0.1) is 24.8 Å². The van der Waals surface area contributed by atoms with Crippen LogP contribution in [0.3, 0.4) is 0 Å². The largest absolute Gasteiger partial charge is 0.508 e. The fraction of sp³-hybridized carbons (Fsp3) is 0.557. The quantitative estimate of drug-likeness (QED) is 0.0306. The molecule has 1 aliphatic carbocycles. The highest BCUT2D eigenvalue weighted by Gasteiger charge is 2.54. The first-order valence-corrected chi connectivity index (χ1v) is 45.1. The topological polar surface area (TPSA) is 603 Å². The van der Waals surface area contributed by atoms with Gasteiger partial charge in [-0.1, -0.05) is 108 Å². The third-order valence-corrected chi connectivity index (χ3v) is 25.1. The Bertz CT molecular complexity index is 4890. The third-order valence-electron chi connectivity index (χ3n) is 24.0. The number of carbonyl (C=O) groups is 17. The number of phenols is 1. The molecule has 1 spiro atoms. The van der Waals surface area contributed by atoms with Crippen molar-refractivity contribution in [3.8, 4) is 5.75 Å². The number of nitrogens with two attached hydrogens (primary N) is 4. The second kappa shape index (κ2) is 46.7. The van der Waals surface area contributed by atoms with Crippen LogP contribution < -0.4 is 76.1 Å². The lowest BCUT2D eigenvalue weighted by Crippen LogP contribution is -2.62. The van der Waals surface area contributed by atoms with Crippen molar-refractivity contribution in [1.29, 1.82) is 0 Å². The van der Waals surface area contributed by atoms with Crippen molar-refractivity contribution in [3.63, 3.8) is 0 Å². The van der Waals surface area contributed by atoms with E-state index in [4.69, 9.17) is 22.9 Å². The summed E-state index contributed by atoms with van der Waals surface area (Å²) >= 11 is 0.809. The van der Waals surface area contributed by atoms with E-state index in [9.17, 15) is 58.2 Å². The predicted molar refractivity (Wildman–Crippen MR) is 477 cm³/mol. The molecule has 0 bridgehead atoms. The SMILES string of the molecule is CCCCC[C@H]1C(=O)NC2(CC2)C(=O)N[C@H](C(=O)NCC(N)=O)CSCC(=O)N[C@@H](Cc2ccc(O)cc2)C(=O)N(C)[C@@H](C)C(=O)N[C@@H](CC(N)=O)C(=O)N2CCC[C@H]2C(=O)N[C@@H](CN)C(=O)N[C@@H](CC(C)C)C(=O)N2C[C@H](O)C[C@H]2C(=O)NC(Cc2c[nH]c3ccccc23)C(=O)N[C@@H](CCN)C(=O)N[C@@H](Cc2c[nH]c3ccccc23)C(=O)N(C)[C@@H](CCCC)C(=O)N1C. The number of aliphatic hydroxyl groups excluding tert-OH is 1. The van der Waals surface area contributed by atoms with Crippen molar-refractivity contribution in [2.24, 2.45) is 28.9 Å². The number of thioether (sulfide) groups is 1. The first kappa shape index (κ1) is 101. The highest BCUT2D eigenvalue weighted by atomic mass is 32.2. The second-order valence-electron chi connectivity index (χ2n) is 34.2. The van der Waals surface area contributed by atoms with E-state index in [1.165, 1.54) is 62.1 Å². The maximum Gasteiger partial charge on any atom is 0.246 e. The van der Waals surface area contributed by atoms with Gasteiger partial charge in [0.15, 0.2) is 0 Å². The fourth-order valence-electron chi connectivity index (χ4n) is 16.4. The summed E-state index contributed by atoms with van der Waals surface area (Å²) in [7, 11) is 4.04. The smallest absolute Gasteiger partial charge is 0.246 e. The van der Waals surface area contributed by atoms with Crippen LogP contribution in [0.4, 0.5) is 0 Å². The lowest BCUT2D eigenvalue weighted by molar-refractivity contribution is -0.149. The molecule has 4 aliphatic rings. The summed E-state index contributed by atoms with van der Waals surface area (Å²) in [6.45, 7) is 6.60. The average molecular weight is 1810 g/mol. The molecule has 1 saturated carbocycles. The van der Waals surface area contributed by atoms with Gasteiger partial charge < -0.3 is 121 Å². The number of carbonyl (C=O) groups excluding carboxylic acids is 17. The highest BCUT2D eigenvalue weighted by molar-refractivity contribution is 8.00. The summed E-state index contributed by atoms with van der Waals surface area (Å²) in [4.78, 5) is 260. The fourth-order valence-corrected chi connectivity index (χ4v) is 17.3. The number of benzene rings is 3. The lowest BCUT2D eigenvalue weighted by Gasteiger charge is -2.36. The van der Waals surface area contributed by atoms with Gasteiger partial charge >= 0.3 is 0 Å². The molecule has 1 unspecified atom stereocenters. The first-order valence-electron chi connectivity index (χ1n) is 44.0. The molecular weight excluding hydrogens is 1690 g/mol. The van der Waals surface area contributed by atoms with E-state index >= 15 is 33.6 Å². The van der Waals surface area contributed by atoms with Gasteiger partial charge in [-0.25, -0.2) is 0 Å². The van der Waals surface area contributed by atoms with Crippen LogP contribution >= 0.6 is 11.8 Å². The van der Waals surface area contributed by atoms with Gasteiger partial charge in [-0.05, 0) is 112 Å². The Labute approximate surface area is 752 Å². The summed E-state index contributed by atoms with van der Waals surface area (Å²) in [5.74, 6) is -16.4. The number of aromatic amines is 2. The summed E-state index contributed by atoms with van der Waals surface area (Å²) in [5, 5.41) is 49.7. The van der Waals surface area contributed by atoms with Crippen LogP contribution in [0.1, 0.15) is 148 Å². The minimum Gasteiger partial charge on any atom is -0.508 e. The monoisotopic (exact) mass is 1810 g/mol. The number of primary amides is 2. The Balaban J connectivity index is 1.08. The first-order chi connectivity index (χ1) is 61.4. The number of hydrogen-bond acceptors (Lipinski definition) is 22. The van der Waals surface area contributed by atoms with E-state index in [-0.39, 0.29) is 108 Å². The van der Waals surface area contributed by atoms with E-state index in [1.54, 1.807) is 62.6 Å². The van der Waals surface area contributed by atoms with E-state index < -0.39 is 222 Å². The summed E-state index contributed by atoms with van der Waals surface area (Å²) in [6, 6.07) is 0.624. The Morgan fingerprint density at radius 3 is 1.71 bits per heavy atom. The van der Waals surface area contributed by atoms with Crippen LogP contribution in [0.2, 0.25) is 0 Å².